The predicted molar refractivity (Wildman–Crippen MR) is 68.8 cm³/mol. The van der Waals surface area contributed by atoms with E-state index in [1.54, 1.807) is 6.92 Å². The van der Waals surface area contributed by atoms with Crippen molar-refractivity contribution < 1.29 is 9.50 Å². The van der Waals surface area contributed by atoms with Crippen LogP contribution < -0.4 is 0 Å². The monoisotopic (exact) mass is 245 g/mol. The van der Waals surface area contributed by atoms with Crippen LogP contribution in [0.5, 0.6) is 0 Å². The first-order valence-corrected chi connectivity index (χ1v) is 5.83. The van der Waals surface area contributed by atoms with Gasteiger partial charge in [0.2, 0.25) is 0 Å². The molecule has 0 bridgehead atoms. The van der Waals surface area contributed by atoms with E-state index in [9.17, 15) is 9.50 Å². The van der Waals surface area contributed by atoms with Gasteiger partial charge >= 0.3 is 0 Å². The zero-order chi connectivity index (χ0) is 13.3. The lowest BCUT2D eigenvalue weighted by Gasteiger charge is -2.25. The van der Waals surface area contributed by atoms with Gasteiger partial charge in [0, 0.05) is 0 Å². The Balaban J connectivity index is 2.53. The largest absolute Gasteiger partial charge is 0.379 e. The van der Waals surface area contributed by atoms with Crippen molar-refractivity contribution in [2.45, 2.75) is 26.4 Å². The summed E-state index contributed by atoms with van der Waals surface area (Å²) in [5.74, 6) is -0.407. The van der Waals surface area contributed by atoms with E-state index >= 15 is 0 Å². The number of halogens is 1. The molecule has 0 saturated carbocycles. The Bertz CT molecular complexity index is 561. The standard InChI is InChI=1S/C15H16FNO/c1-10-4-5-11(2)13(8-10)15(3,18)14-7-6-12(16)9-17-14/h4-9,18H,1-3H3. The second-order valence-corrected chi connectivity index (χ2v) is 4.75. The number of nitrogens with zero attached hydrogens (tertiary/aromatic N) is 1. The second-order valence-electron chi connectivity index (χ2n) is 4.75. The minimum absolute atomic E-state index is 0.407. The average Bonchev–Trinajstić information content (AvgIpc) is 2.32. The average molecular weight is 245 g/mol. The molecule has 1 N–H and O–H groups in total. The second kappa shape index (κ2) is 4.50. The van der Waals surface area contributed by atoms with E-state index in [1.807, 2.05) is 32.0 Å². The van der Waals surface area contributed by atoms with Crippen molar-refractivity contribution in [3.63, 3.8) is 0 Å². The molecule has 0 aliphatic rings. The Labute approximate surface area is 106 Å². The van der Waals surface area contributed by atoms with Crippen molar-refractivity contribution in [1.29, 1.82) is 0 Å². The zero-order valence-electron chi connectivity index (χ0n) is 10.7. The zero-order valence-corrected chi connectivity index (χ0v) is 10.7. The quantitative estimate of drug-likeness (QED) is 0.882. The van der Waals surface area contributed by atoms with E-state index in [0.717, 1.165) is 22.9 Å². The van der Waals surface area contributed by atoms with Crippen LogP contribution in [0.1, 0.15) is 29.3 Å². The van der Waals surface area contributed by atoms with Crippen LogP contribution >= 0.6 is 0 Å². The third kappa shape index (κ3) is 2.27. The van der Waals surface area contributed by atoms with Gasteiger partial charge in [-0.05, 0) is 44.0 Å². The van der Waals surface area contributed by atoms with Gasteiger partial charge in [-0.2, -0.15) is 0 Å². The topological polar surface area (TPSA) is 33.1 Å². The van der Waals surface area contributed by atoms with Crippen LogP contribution in [0.15, 0.2) is 36.5 Å². The molecule has 1 unspecified atom stereocenters. The smallest absolute Gasteiger partial charge is 0.141 e. The summed E-state index contributed by atoms with van der Waals surface area (Å²) in [6.07, 6.45) is 1.12. The molecule has 3 heteroatoms. The van der Waals surface area contributed by atoms with Crippen molar-refractivity contribution in [1.82, 2.24) is 4.98 Å². The van der Waals surface area contributed by atoms with E-state index in [1.165, 1.54) is 12.1 Å². The Kier molecular flexibility index (Phi) is 3.18. The number of rotatable bonds is 2. The van der Waals surface area contributed by atoms with Gasteiger partial charge in [-0.15, -0.1) is 0 Å². The number of benzene rings is 1. The number of aliphatic hydroxyl groups is 1. The summed E-state index contributed by atoms with van der Waals surface area (Å²) >= 11 is 0. The van der Waals surface area contributed by atoms with Gasteiger partial charge in [0.1, 0.15) is 11.4 Å². The minimum Gasteiger partial charge on any atom is -0.379 e. The highest BCUT2D eigenvalue weighted by atomic mass is 19.1. The van der Waals surface area contributed by atoms with Gasteiger partial charge in [0.05, 0.1) is 11.9 Å². The molecular weight excluding hydrogens is 229 g/mol. The molecule has 0 aliphatic carbocycles. The fourth-order valence-electron chi connectivity index (χ4n) is 2.06. The van der Waals surface area contributed by atoms with Crippen LogP contribution in [0.3, 0.4) is 0 Å². The molecule has 94 valence electrons. The molecule has 1 atom stereocenters. The highest BCUT2D eigenvalue weighted by Crippen LogP contribution is 2.30. The van der Waals surface area contributed by atoms with Crippen molar-refractivity contribution in [3.05, 3.63) is 64.7 Å². The fourth-order valence-corrected chi connectivity index (χ4v) is 2.06. The fraction of sp³-hybridized carbons (Fsp3) is 0.267. The molecule has 2 rings (SSSR count). The van der Waals surface area contributed by atoms with Crippen molar-refractivity contribution >= 4 is 0 Å². The summed E-state index contributed by atoms with van der Waals surface area (Å²) in [5.41, 5.74) is 2.07. The summed E-state index contributed by atoms with van der Waals surface area (Å²) in [5, 5.41) is 10.7. The Morgan fingerprint density at radius 3 is 2.50 bits per heavy atom. The van der Waals surface area contributed by atoms with E-state index in [-0.39, 0.29) is 0 Å². The van der Waals surface area contributed by atoms with Crippen molar-refractivity contribution in [2.75, 3.05) is 0 Å². The van der Waals surface area contributed by atoms with Gasteiger partial charge in [0.15, 0.2) is 0 Å². The van der Waals surface area contributed by atoms with E-state index < -0.39 is 11.4 Å². The Morgan fingerprint density at radius 1 is 1.17 bits per heavy atom. The lowest BCUT2D eigenvalue weighted by atomic mass is 9.87. The van der Waals surface area contributed by atoms with Gasteiger partial charge in [-0.1, -0.05) is 23.8 Å². The number of aromatic nitrogens is 1. The summed E-state index contributed by atoms with van der Waals surface area (Å²) in [7, 11) is 0. The van der Waals surface area contributed by atoms with E-state index in [0.29, 0.717) is 5.69 Å². The predicted octanol–water partition coefficient (Wildman–Crippen LogP) is 3.09. The van der Waals surface area contributed by atoms with Gasteiger partial charge in [-0.25, -0.2) is 4.39 Å². The summed E-state index contributed by atoms with van der Waals surface area (Å²) in [6.45, 7) is 5.58. The molecule has 1 heterocycles. The molecule has 1 aromatic carbocycles. The number of aryl methyl sites for hydroxylation is 2. The maximum Gasteiger partial charge on any atom is 0.141 e. The van der Waals surface area contributed by atoms with Crippen LogP contribution in [0.4, 0.5) is 4.39 Å². The molecular formula is C15H16FNO. The number of hydrogen-bond acceptors (Lipinski definition) is 2. The van der Waals surface area contributed by atoms with Gasteiger partial charge < -0.3 is 5.11 Å². The van der Waals surface area contributed by atoms with Crippen LogP contribution in [0.2, 0.25) is 0 Å². The normalized spacial score (nSPS) is 14.3. The third-order valence-electron chi connectivity index (χ3n) is 3.14. The molecule has 0 radical (unpaired) electrons. The highest BCUT2D eigenvalue weighted by Gasteiger charge is 2.28. The van der Waals surface area contributed by atoms with Crippen molar-refractivity contribution in [3.8, 4) is 0 Å². The maximum absolute atomic E-state index is 12.9. The maximum atomic E-state index is 12.9. The highest BCUT2D eigenvalue weighted by molar-refractivity contribution is 5.39. The summed E-state index contributed by atoms with van der Waals surface area (Å²) < 4.78 is 12.9. The van der Waals surface area contributed by atoms with E-state index in [2.05, 4.69) is 4.98 Å². The molecule has 1 aromatic heterocycles. The van der Waals surface area contributed by atoms with Gasteiger partial charge in [-0.3, -0.25) is 4.98 Å². The third-order valence-corrected chi connectivity index (χ3v) is 3.14. The molecule has 0 fully saturated rings. The molecule has 0 saturated heterocycles. The first kappa shape index (κ1) is 12.7. The summed E-state index contributed by atoms with van der Waals surface area (Å²) in [6, 6.07) is 8.70. The lowest BCUT2D eigenvalue weighted by molar-refractivity contribution is 0.0965. The SMILES string of the molecule is Cc1ccc(C)c(C(C)(O)c2ccc(F)cn2)c1. The lowest BCUT2D eigenvalue weighted by Crippen LogP contribution is -2.25. The number of hydrogen-bond donors (Lipinski definition) is 1. The van der Waals surface area contributed by atoms with Crippen LogP contribution in [0, 0.1) is 19.7 Å². The Morgan fingerprint density at radius 2 is 1.89 bits per heavy atom. The van der Waals surface area contributed by atoms with Crippen LogP contribution in [-0.2, 0) is 5.60 Å². The molecule has 0 aliphatic heterocycles. The van der Waals surface area contributed by atoms with Gasteiger partial charge in [0.25, 0.3) is 0 Å². The number of pyridine rings is 1. The molecule has 0 spiro atoms. The molecule has 18 heavy (non-hydrogen) atoms. The first-order chi connectivity index (χ1) is 8.41. The van der Waals surface area contributed by atoms with Crippen LogP contribution in [-0.4, -0.2) is 10.1 Å². The molecule has 2 nitrogen and oxygen atoms in total. The van der Waals surface area contributed by atoms with Crippen molar-refractivity contribution in [2.24, 2.45) is 0 Å². The summed E-state index contributed by atoms with van der Waals surface area (Å²) in [4.78, 5) is 3.97. The minimum atomic E-state index is -1.22. The van der Waals surface area contributed by atoms with Crippen LogP contribution in [0.25, 0.3) is 0 Å². The first-order valence-electron chi connectivity index (χ1n) is 5.83. The Hall–Kier alpha value is -1.74. The van der Waals surface area contributed by atoms with E-state index in [4.69, 9.17) is 0 Å². The molecule has 0 amide bonds. The molecule has 2 aromatic rings.